The van der Waals surface area contributed by atoms with E-state index in [9.17, 15) is 13.2 Å². The first kappa shape index (κ1) is 19.2. The minimum atomic E-state index is -3.54. The maximum Gasteiger partial charge on any atom is 0.240 e. The van der Waals surface area contributed by atoms with Gasteiger partial charge < -0.3 is 10.1 Å². The molecule has 1 aliphatic heterocycles. The summed E-state index contributed by atoms with van der Waals surface area (Å²) in [6.07, 6.45) is 1.09. The lowest BCUT2D eigenvalue weighted by molar-refractivity contribution is -0.119. The number of carbonyl (C=O) groups is 1. The van der Waals surface area contributed by atoms with Crippen LogP contribution in [0.4, 0.5) is 5.69 Å². The average Bonchev–Trinajstić information content (AvgIpc) is 2.54. The van der Waals surface area contributed by atoms with Gasteiger partial charge in [0.05, 0.1) is 25.2 Å². The quantitative estimate of drug-likeness (QED) is 0.702. The van der Waals surface area contributed by atoms with Gasteiger partial charge in [-0.15, -0.1) is 0 Å². The van der Waals surface area contributed by atoms with Crippen LogP contribution in [0.2, 0.25) is 0 Å². The lowest BCUT2D eigenvalue weighted by Gasteiger charge is -2.27. The number of morpholine rings is 1. The third-order valence-electron chi connectivity index (χ3n) is 3.66. The third kappa shape index (κ3) is 6.04. The number of nitrogens with one attached hydrogen (secondary N) is 1. The molecule has 24 heavy (non-hydrogen) atoms. The molecule has 7 nitrogen and oxygen atoms in total. The highest BCUT2D eigenvalue weighted by molar-refractivity contribution is 9.10. The summed E-state index contributed by atoms with van der Waals surface area (Å²) >= 11 is 3.31. The van der Waals surface area contributed by atoms with Crippen molar-refractivity contribution < 1.29 is 17.9 Å². The zero-order valence-electron chi connectivity index (χ0n) is 13.6. The molecule has 0 atom stereocenters. The Morgan fingerprint density at radius 3 is 2.50 bits per heavy atom. The molecule has 0 aliphatic carbocycles. The average molecular weight is 420 g/mol. The SMILES string of the molecule is CS(=O)(=O)N(CC(=O)NCCN1CCOCC1)c1ccc(Br)cc1. The van der Waals surface area contributed by atoms with Gasteiger partial charge in [0.25, 0.3) is 0 Å². The topological polar surface area (TPSA) is 79.0 Å². The summed E-state index contributed by atoms with van der Waals surface area (Å²) in [4.78, 5) is 14.3. The van der Waals surface area contributed by atoms with E-state index in [2.05, 4.69) is 26.1 Å². The minimum Gasteiger partial charge on any atom is -0.379 e. The molecule has 1 heterocycles. The van der Waals surface area contributed by atoms with Gasteiger partial charge in [-0.3, -0.25) is 14.0 Å². The molecule has 1 aromatic carbocycles. The summed E-state index contributed by atoms with van der Waals surface area (Å²) in [7, 11) is -3.54. The number of amides is 1. The monoisotopic (exact) mass is 419 g/mol. The highest BCUT2D eigenvalue weighted by atomic mass is 79.9. The summed E-state index contributed by atoms with van der Waals surface area (Å²) in [5.41, 5.74) is 0.462. The van der Waals surface area contributed by atoms with E-state index in [0.717, 1.165) is 34.7 Å². The van der Waals surface area contributed by atoms with Gasteiger partial charge in [0.15, 0.2) is 0 Å². The molecular formula is C15H22BrN3O4S. The van der Waals surface area contributed by atoms with Crippen molar-refractivity contribution in [3.05, 3.63) is 28.7 Å². The van der Waals surface area contributed by atoms with Crippen molar-refractivity contribution in [2.75, 3.05) is 56.5 Å². The molecule has 2 rings (SSSR count). The predicted octanol–water partition coefficient (Wildman–Crippen LogP) is 0.664. The van der Waals surface area contributed by atoms with Crippen LogP contribution in [0.3, 0.4) is 0 Å². The molecule has 0 unspecified atom stereocenters. The van der Waals surface area contributed by atoms with Crippen molar-refractivity contribution in [2.45, 2.75) is 0 Å². The van der Waals surface area contributed by atoms with E-state index in [-0.39, 0.29) is 12.5 Å². The van der Waals surface area contributed by atoms with Gasteiger partial charge in [0.2, 0.25) is 15.9 Å². The normalized spacial score (nSPS) is 15.9. The number of anilines is 1. The molecule has 0 spiro atoms. The van der Waals surface area contributed by atoms with Crippen LogP contribution >= 0.6 is 15.9 Å². The summed E-state index contributed by atoms with van der Waals surface area (Å²) < 4.78 is 31.2. The van der Waals surface area contributed by atoms with Crippen molar-refractivity contribution in [1.82, 2.24) is 10.2 Å². The first-order chi connectivity index (χ1) is 11.4. The molecule has 1 N–H and O–H groups in total. The number of ether oxygens (including phenoxy) is 1. The van der Waals surface area contributed by atoms with E-state index in [0.29, 0.717) is 25.4 Å². The number of hydrogen-bond acceptors (Lipinski definition) is 5. The third-order valence-corrected chi connectivity index (χ3v) is 5.33. The number of nitrogens with zero attached hydrogens (tertiary/aromatic N) is 2. The summed E-state index contributed by atoms with van der Waals surface area (Å²) in [6, 6.07) is 6.80. The molecule has 1 aromatic rings. The van der Waals surface area contributed by atoms with E-state index < -0.39 is 10.0 Å². The second-order valence-corrected chi connectivity index (χ2v) is 8.37. The van der Waals surface area contributed by atoms with Gasteiger partial charge in [-0.25, -0.2) is 8.42 Å². The Balaban J connectivity index is 1.89. The van der Waals surface area contributed by atoms with Gasteiger partial charge in [0.1, 0.15) is 6.54 Å². The van der Waals surface area contributed by atoms with Gasteiger partial charge >= 0.3 is 0 Å². The zero-order chi connectivity index (χ0) is 17.6. The Hall–Kier alpha value is -1.16. The molecular weight excluding hydrogens is 398 g/mol. The van der Waals surface area contributed by atoms with Crippen LogP contribution in [-0.4, -0.2) is 71.4 Å². The first-order valence-corrected chi connectivity index (χ1v) is 10.3. The first-order valence-electron chi connectivity index (χ1n) is 7.66. The van der Waals surface area contributed by atoms with E-state index in [1.165, 1.54) is 0 Å². The van der Waals surface area contributed by atoms with Crippen molar-refractivity contribution in [1.29, 1.82) is 0 Å². The number of rotatable bonds is 7. The molecule has 1 saturated heterocycles. The molecule has 1 aliphatic rings. The van der Waals surface area contributed by atoms with Gasteiger partial charge in [-0.05, 0) is 24.3 Å². The van der Waals surface area contributed by atoms with Crippen molar-refractivity contribution in [3.63, 3.8) is 0 Å². The van der Waals surface area contributed by atoms with Crippen molar-refractivity contribution >= 4 is 37.5 Å². The van der Waals surface area contributed by atoms with E-state index in [4.69, 9.17) is 4.74 Å². The number of hydrogen-bond donors (Lipinski definition) is 1. The Morgan fingerprint density at radius 2 is 1.92 bits per heavy atom. The maximum atomic E-state index is 12.1. The Kier molecular flexibility index (Phi) is 7.02. The zero-order valence-corrected chi connectivity index (χ0v) is 16.0. The maximum absolute atomic E-state index is 12.1. The largest absolute Gasteiger partial charge is 0.379 e. The van der Waals surface area contributed by atoms with E-state index in [1.807, 2.05) is 0 Å². The minimum absolute atomic E-state index is 0.233. The van der Waals surface area contributed by atoms with E-state index in [1.54, 1.807) is 24.3 Å². The van der Waals surface area contributed by atoms with Crippen molar-refractivity contribution in [3.8, 4) is 0 Å². The second-order valence-electron chi connectivity index (χ2n) is 5.55. The number of sulfonamides is 1. The van der Waals surface area contributed by atoms with Crippen LogP contribution in [0.25, 0.3) is 0 Å². The van der Waals surface area contributed by atoms with Gasteiger partial charge in [-0.1, -0.05) is 15.9 Å². The smallest absolute Gasteiger partial charge is 0.240 e. The standard InChI is InChI=1S/C15H22BrN3O4S/c1-24(21,22)19(14-4-2-13(16)3-5-14)12-15(20)17-6-7-18-8-10-23-11-9-18/h2-5H,6-12H2,1H3,(H,17,20). The Labute approximate surface area is 151 Å². The van der Waals surface area contributed by atoms with Crippen molar-refractivity contribution in [2.24, 2.45) is 0 Å². The van der Waals surface area contributed by atoms with Gasteiger partial charge in [-0.2, -0.15) is 0 Å². The summed E-state index contributed by atoms with van der Waals surface area (Å²) in [6.45, 7) is 4.10. The predicted molar refractivity (Wildman–Crippen MR) is 96.6 cm³/mol. The molecule has 9 heteroatoms. The number of benzene rings is 1. The lowest BCUT2D eigenvalue weighted by Crippen LogP contribution is -2.44. The fraction of sp³-hybridized carbons (Fsp3) is 0.533. The van der Waals surface area contributed by atoms with Gasteiger partial charge in [0, 0.05) is 30.7 Å². The van der Waals surface area contributed by atoms with Crippen LogP contribution in [-0.2, 0) is 19.6 Å². The summed E-state index contributed by atoms with van der Waals surface area (Å²) in [5.74, 6) is -0.323. The molecule has 0 aromatic heterocycles. The number of halogens is 1. The summed E-state index contributed by atoms with van der Waals surface area (Å²) in [5, 5.41) is 2.78. The van der Waals surface area contributed by atoms with Crippen LogP contribution in [0.15, 0.2) is 28.7 Å². The lowest BCUT2D eigenvalue weighted by atomic mass is 10.3. The molecule has 0 saturated carbocycles. The van der Waals surface area contributed by atoms with Crippen LogP contribution < -0.4 is 9.62 Å². The molecule has 0 bridgehead atoms. The highest BCUT2D eigenvalue weighted by Crippen LogP contribution is 2.20. The Bertz CT molecular complexity index is 645. The molecule has 1 amide bonds. The molecule has 0 radical (unpaired) electrons. The fourth-order valence-electron chi connectivity index (χ4n) is 2.37. The molecule has 1 fully saturated rings. The second kappa shape index (κ2) is 8.80. The number of carbonyl (C=O) groups excluding carboxylic acids is 1. The Morgan fingerprint density at radius 1 is 1.29 bits per heavy atom. The van der Waals surface area contributed by atoms with E-state index >= 15 is 0 Å². The van der Waals surface area contributed by atoms with Crippen LogP contribution in [0, 0.1) is 0 Å². The van der Waals surface area contributed by atoms with Crippen LogP contribution in [0.5, 0.6) is 0 Å². The highest BCUT2D eigenvalue weighted by Gasteiger charge is 2.20. The van der Waals surface area contributed by atoms with Crippen LogP contribution in [0.1, 0.15) is 0 Å². The molecule has 134 valence electrons. The fourth-order valence-corrected chi connectivity index (χ4v) is 3.49.